The van der Waals surface area contributed by atoms with Gasteiger partial charge in [-0.2, -0.15) is 0 Å². The van der Waals surface area contributed by atoms with Gasteiger partial charge in [-0.3, -0.25) is 9.59 Å². The molecule has 5 nitrogen and oxygen atoms in total. The minimum absolute atomic E-state index is 0. The first-order valence-corrected chi connectivity index (χ1v) is 8.70. The van der Waals surface area contributed by atoms with Crippen molar-refractivity contribution in [3.05, 3.63) is 65.5 Å². The molecule has 1 atom stereocenters. The number of rotatable bonds is 6. The van der Waals surface area contributed by atoms with Gasteiger partial charge in [0.2, 0.25) is 11.8 Å². The van der Waals surface area contributed by atoms with Crippen LogP contribution in [-0.2, 0) is 16.1 Å². The molecule has 0 radical (unpaired) electrons. The third kappa shape index (κ3) is 5.05. The van der Waals surface area contributed by atoms with E-state index >= 15 is 0 Å². The van der Waals surface area contributed by atoms with Gasteiger partial charge in [-0.05, 0) is 36.2 Å². The zero-order chi connectivity index (χ0) is 18.5. The summed E-state index contributed by atoms with van der Waals surface area (Å²) in [6.07, 6.45) is 0.735. The summed E-state index contributed by atoms with van der Waals surface area (Å²) < 4.78 is 13.5. The fourth-order valence-corrected chi connectivity index (χ4v) is 3.23. The molecule has 7 heteroatoms. The molecule has 144 valence electrons. The lowest BCUT2D eigenvalue weighted by molar-refractivity contribution is -0.135. The summed E-state index contributed by atoms with van der Waals surface area (Å²) in [5.74, 6) is -1.47. The van der Waals surface area contributed by atoms with Crippen LogP contribution in [0, 0.1) is 5.82 Å². The monoisotopic (exact) mass is 391 g/mol. The number of benzene rings is 2. The predicted molar refractivity (Wildman–Crippen MR) is 105 cm³/mol. The van der Waals surface area contributed by atoms with Crippen LogP contribution in [0.25, 0.3) is 0 Å². The smallest absolute Gasteiger partial charge is 0.231 e. The van der Waals surface area contributed by atoms with E-state index in [9.17, 15) is 14.0 Å². The Morgan fingerprint density at radius 3 is 2.67 bits per heavy atom. The van der Waals surface area contributed by atoms with Crippen molar-refractivity contribution >= 4 is 29.9 Å². The second-order valence-corrected chi connectivity index (χ2v) is 6.42. The van der Waals surface area contributed by atoms with Gasteiger partial charge in [0.1, 0.15) is 5.82 Å². The van der Waals surface area contributed by atoms with Crippen molar-refractivity contribution in [3.63, 3.8) is 0 Å². The summed E-state index contributed by atoms with van der Waals surface area (Å²) in [5, 5.41) is 2.65. The molecule has 0 spiro atoms. The molecule has 1 unspecified atom stereocenters. The lowest BCUT2D eigenvalue weighted by Crippen LogP contribution is -2.39. The number of hydrogen-bond donors (Lipinski definition) is 2. The van der Waals surface area contributed by atoms with Gasteiger partial charge in [-0.15, -0.1) is 12.4 Å². The van der Waals surface area contributed by atoms with E-state index in [1.54, 1.807) is 11.0 Å². The molecule has 0 saturated carbocycles. The highest BCUT2D eigenvalue weighted by molar-refractivity contribution is 6.01. The van der Waals surface area contributed by atoms with Crippen molar-refractivity contribution in [1.82, 2.24) is 4.90 Å². The Morgan fingerprint density at radius 2 is 1.96 bits per heavy atom. The number of fused-ring (bicyclic) bond motifs is 1. The van der Waals surface area contributed by atoms with E-state index in [0.717, 1.165) is 5.56 Å². The fraction of sp³-hybridized carbons (Fsp3) is 0.300. The normalized spacial score (nSPS) is 15.3. The van der Waals surface area contributed by atoms with Gasteiger partial charge in [0.15, 0.2) is 0 Å². The Balaban J connectivity index is 0.00000261. The van der Waals surface area contributed by atoms with Crippen LogP contribution in [0.2, 0.25) is 0 Å². The molecule has 3 N–H and O–H groups in total. The largest absolute Gasteiger partial charge is 0.338 e. The molecule has 2 aromatic rings. The topological polar surface area (TPSA) is 75.4 Å². The molecule has 0 aliphatic carbocycles. The third-order valence-corrected chi connectivity index (χ3v) is 4.51. The number of amides is 2. The Hall–Kier alpha value is -2.44. The van der Waals surface area contributed by atoms with Crippen molar-refractivity contribution in [2.24, 2.45) is 5.73 Å². The highest BCUT2D eigenvalue weighted by atomic mass is 35.5. The number of carbonyl (C=O) groups is 2. The summed E-state index contributed by atoms with van der Waals surface area (Å²) in [7, 11) is 0. The molecule has 3 rings (SSSR count). The standard InChI is InChI=1S/C20H22FN3O2.ClH/c21-15-7-8-16-17(12-19(25)23-18(16)11-15)20(26)24(10-4-9-22)13-14-5-2-1-3-6-14;/h1-3,5-8,11,17H,4,9-10,12-13,22H2,(H,23,25);1H. The SMILES string of the molecule is Cl.NCCCN(Cc1ccccc1)C(=O)C1CC(=O)Nc2cc(F)ccc21. The highest BCUT2D eigenvalue weighted by Gasteiger charge is 2.33. The Labute approximate surface area is 164 Å². The average Bonchev–Trinajstić information content (AvgIpc) is 2.64. The first-order chi connectivity index (χ1) is 12.6. The molecule has 1 aliphatic heterocycles. The molecule has 1 heterocycles. The van der Waals surface area contributed by atoms with Gasteiger partial charge in [0.05, 0.1) is 5.92 Å². The Kier molecular flexibility index (Phi) is 7.33. The van der Waals surface area contributed by atoms with E-state index in [2.05, 4.69) is 5.32 Å². The van der Waals surface area contributed by atoms with Crippen molar-refractivity contribution in [1.29, 1.82) is 0 Å². The van der Waals surface area contributed by atoms with Crippen LogP contribution >= 0.6 is 12.4 Å². The second kappa shape index (κ2) is 9.48. The van der Waals surface area contributed by atoms with E-state index in [-0.39, 0.29) is 30.6 Å². The summed E-state index contributed by atoms with van der Waals surface area (Å²) in [6.45, 7) is 1.44. The van der Waals surface area contributed by atoms with Gasteiger partial charge in [0.25, 0.3) is 0 Å². The van der Waals surface area contributed by atoms with E-state index in [1.807, 2.05) is 30.3 Å². The van der Waals surface area contributed by atoms with Gasteiger partial charge in [-0.25, -0.2) is 4.39 Å². The first-order valence-electron chi connectivity index (χ1n) is 8.70. The van der Waals surface area contributed by atoms with E-state index in [1.165, 1.54) is 12.1 Å². The van der Waals surface area contributed by atoms with Crippen LogP contribution in [0.1, 0.15) is 29.9 Å². The van der Waals surface area contributed by atoms with Gasteiger partial charge in [-0.1, -0.05) is 36.4 Å². The minimum Gasteiger partial charge on any atom is -0.338 e. The molecule has 0 bridgehead atoms. The van der Waals surface area contributed by atoms with Crippen LogP contribution in [0.3, 0.4) is 0 Å². The average molecular weight is 392 g/mol. The number of halogens is 2. The number of nitrogens with zero attached hydrogens (tertiary/aromatic N) is 1. The van der Waals surface area contributed by atoms with Crippen LogP contribution < -0.4 is 11.1 Å². The lowest BCUT2D eigenvalue weighted by Gasteiger charge is -2.31. The number of hydrogen-bond acceptors (Lipinski definition) is 3. The minimum atomic E-state index is -0.610. The zero-order valence-electron chi connectivity index (χ0n) is 14.9. The molecule has 0 fully saturated rings. The Morgan fingerprint density at radius 1 is 1.22 bits per heavy atom. The lowest BCUT2D eigenvalue weighted by atomic mass is 9.89. The molecule has 1 aliphatic rings. The summed E-state index contributed by atoms with van der Waals surface area (Å²) in [6, 6.07) is 13.8. The van der Waals surface area contributed by atoms with Crippen molar-refractivity contribution in [2.45, 2.75) is 25.3 Å². The molecule has 2 aromatic carbocycles. The third-order valence-electron chi connectivity index (χ3n) is 4.51. The molecular weight excluding hydrogens is 369 g/mol. The first kappa shape index (κ1) is 20.9. The summed E-state index contributed by atoms with van der Waals surface area (Å²) in [4.78, 5) is 27.0. The quantitative estimate of drug-likeness (QED) is 0.794. The fourth-order valence-electron chi connectivity index (χ4n) is 3.23. The van der Waals surface area contributed by atoms with E-state index < -0.39 is 11.7 Å². The van der Waals surface area contributed by atoms with E-state index in [0.29, 0.717) is 37.3 Å². The second-order valence-electron chi connectivity index (χ2n) is 6.42. The predicted octanol–water partition coefficient (Wildman–Crippen LogP) is 3.05. The summed E-state index contributed by atoms with van der Waals surface area (Å²) in [5.41, 5.74) is 7.66. The van der Waals surface area contributed by atoms with Gasteiger partial charge >= 0.3 is 0 Å². The maximum atomic E-state index is 13.5. The van der Waals surface area contributed by atoms with Crippen LogP contribution in [0.5, 0.6) is 0 Å². The van der Waals surface area contributed by atoms with Gasteiger partial charge in [0, 0.05) is 25.2 Å². The van der Waals surface area contributed by atoms with Crippen LogP contribution in [0.15, 0.2) is 48.5 Å². The highest BCUT2D eigenvalue weighted by Crippen LogP contribution is 2.34. The van der Waals surface area contributed by atoms with Gasteiger partial charge < -0.3 is 16.0 Å². The maximum absolute atomic E-state index is 13.5. The van der Waals surface area contributed by atoms with Crippen molar-refractivity contribution in [3.8, 4) is 0 Å². The number of nitrogens with one attached hydrogen (secondary N) is 1. The van der Waals surface area contributed by atoms with Crippen LogP contribution in [-0.4, -0.2) is 29.8 Å². The molecular formula is C20H23ClFN3O2. The number of nitrogens with two attached hydrogens (primary N) is 1. The van der Waals surface area contributed by atoms with Crippen molar-refractivity contribution in [2.75, 3.05) is 18.4 Å². The van der Waals surface area contributed by atoms with E-state index in [4.69, 9.17) is 5.73 Å². The molecule has 2 amide bonds. The maximum Gasteiger partial charge on any atom is 0.231 e. The van der Waals surface area contributed by atoms with Crippen LogP contribution in [0.4, 0.5) is 10.1 Å². The summed E-state index contributed by atoms with van der Waals surface area (Å²) >= 11 is 0. The van der Waals surface area contributed by atoms with Crippen molar-refractivity contribution < 1.29 is 14.0 Å². The molecule has 0 saturated heterocycles. The molecule has 0 aromatic heterocycles. The number of anilines is 1. The molecule has 27 heavy (non-hydrogen) atoms. The zero-order valence-corrected chi connectivity index (χ0v) is 15.7. The number of carbonyl (C=O) groups excluding carboxylic acids is 2. The Bertz CT molecular complexity index is 801.